The van der Waals surface area contributed by atoms with Gasteiger partial charge in [-0.15, -0.1) is 0 Å². The summed E-state index contributed by atoms with van der Waals surface area (Å²) in [5, 5.41) is 12.4. The van der Waals surface area contributed by atoms with Crippen molar-refractivity contribution in [2.45, 2.75) is 25.9 Å². The standard InChI is InChI=1S/C17H22N6/c1-12-8-22(9-13(2)20-12)17-7-19-23-11-14(4-5-16(17)23)15-6-18-21(3)10-15/h4-7,10-13,20H,8-9H2,1-3H3/t12-,13+. The Balaban J connectivity index is 1.70. The number of piperazine rings is 1. The van der Waals surface area contributed by atoms with Crippen LogP contribution in [-0.2, 0) is 7.05 Å². The van der Waals surface area contributed by atoms with Crippen molar-refractivity contribution in [1.29, 1.82) is 0 Å². The van der Waals surface area contributed by atoms with Crippen molar-refractivity contribution in [2.24, 2.45) is 7.05 Å². The Bertz CT molecular complexity index is 823. The Labute approximate surface area is 135 Å². The summed E-state index contributed by atoms with van der Waals surface area (Å²) >= 11 is 0. The summed E-state index contributed by atoms with van der Waals surface area (Å²) in [4.78, 5) is 2.43. The van der Waals surface area contributed by atoms with Crippen LogP contribution in [0.5, 0.6) is 0 Å². The van der Waals surface area contributed by atoms with Gasteiger partial charge < -0.3 is 10.2 Å². The van der Waals surface area contributed by atoms with Crippen molar-refractivity contribution in [3.8, 4) is 11.1 Å². The summed E-state index contributed by atoms with van der Waals surface area (Å²) in [5.41, 5.74) is 4.60. The van der Waals surface area contributed by atoms with Crippen LogP contribution in [0.25, 0.3) is 16.6 Å². The van der Waals surface area contributed by atoms with E-state index in [0.29, 0.717) is 12.1 Å². The second-order valence-electron chi connectivity index (χ2n) is 6.55. The third kappa shape index (κ3) is 2.59. The molecule has 3 aromatic heterocycles. The van der Waals surface area contributed by atoms with Crippen molar-refractivity contribution in [1.82, 2.24) is 24.7 Å². The highest BCUT2D eigenvalue weighted by Crippen LogP contribution is 2.26. The maximum absolute atomic E-state index is 4.56. The van der Waals surface area contributed by atoms with Crippen molar-refractivity contribution in [3.63, 3.8) is 0 Å². The number of aromatic nitrogens is 4. The van der Waals surface area contributed by atoms with Gasteiger partial charge in [-0.1, -0.05) is 6.07 Å². The minimum Gasteiger partial charge on any atom is -0.365 e. The van der Waals surface area contributed by atoms with E-state index in [1.54, 1.807) is 0 Å². The van der Waals surface area contributed by atoms with Gasteiger partial charge in [-0.05, 0) is 19.9 Å². The molecule has 6 nitrogen and oxygen atoms in total. The number of hydrogen-bond acceptors (Lipinski definition) is 4. The molecule has 120 valence electrons. The van der Waals surface area contributed by atoms with E-state index in [1.165, 1.54) is 5.69 Å². The normalized spacial score (nSPS) is 22.0. The number of nitrogens with one attached hydrogen (secondary N) is 1. The van der Waals surface area contributed by atoms with Crippen LogP contribution in [0.15, 0.2) is 36.9 Å². The Morgan fingerprint density at radius 1 is 1.00 bits per heavy atom. The first-order valence-corrected chi connectivity index (χ1v) is 8.07. The smallest absolute Gasteiger partial charge is 0.0896 e. The zero-order valence-electron chi connectivity index (χ0n) is 13.8. The molecule has 3 aromatic rings. The highest BCUT2D eigenvalue weighted by Gasteiger charge is 2.23. The van der Waals surface area contributed by atoms with Crippen molar-refractivity contribution < 1.29 is 0 Å². The topological polar surface area (TPSA) is 50.4 Å². The zero-order valence-corrected chi connectivity index (χ0v) is 13.8. The van der Waals surface area contributed by atoms with E-state index in [4.69, 9.17) is 0 Å². The Kier molecular flexibility index (Phi) is 3.34. The van der Waals surface area contributed by atoms with E-state index < -0.39 is 0 Å². The molecular formula is C17H22N6. The molecule has 2 atom stereocenters. The average Bonchev–Trinajstić information content (AvgIpc) is 3.11. The lowest BCUT2D eigenvalue weighted by molar-refractivity contribution is 0.407. The summed E-state index contributed by atoms with van der Waals surface area (Å²) < 4.78 is 3.78. The number of hydrogen-bond donors (Lipinski definition) is 1. The number of aryl methyl sites for hydroxylation is 1. The molecule has 4 heterocycles. The van der Waals surface area contributed by atoms with Gasteiger partial charge in [-0.2, -0.15) is 10.2 Å². The predicted molar refractivity (Wildman–Crippen MR) is 91.7 cm³/mol. The van der Waals surface area contributed by atoms with Gasteiger partial charge >= 0.3 is 0 Å². The minimum absolute atomic E-state index is 0.489. The first-order valence-electron chi connectivity index (χ1n) is 8.07. The van der Waals surface area contributed by atoms with Crippen molar-refractivity contribution in [3.05, 3.63) is 36.9 Å². The molecule has 0 aromatic carbocycles. The summed E-state index contributed by atoms with van der Waals surface area (Å²) in [5.74, 6) is 0. The molecule has 0 unspecified atom stereocenters. The van der Waals surface area contributed by atoms with E-state index >= 15 is 0 Å². The molecule has 1 fully saturated rings. The quantitative estimate of drug-likeness (QED) is 0.786. The van der Waals surface area contributed by atoms with Crippen LogP contribution < -0.4 is 10.2 Å². The fourth-order valence-electron chi connectivity index (χ4n) is 3.48. The number of pyridine rings is 1. The first-order chi connectivity index (χ1) is 11.1. The highest BCUT2D eigenvalue weighted by atomic mass is 15.3. The Morgan fingerprint density at radius 3 is 2.48 bits per heavy atom. The summed E-state index contributed by atoms with van der Waals surface area (Å²) in [6, 6.07) is 5.28. The number of fused-ring (bicyclic) bond motifs is 1. The number of anilines is 1. The van der Waals surface area contributed by atoms with Crippen LogP contribution in [-0.4, -0.2) is 44.6 Å². The first kappa shape index (κ1) is 14.3. The van der Waals surface area contributed by atoms with E-state index in [0.717, 1.165) is 29.7 Å². The van der Waals surface area contributed by atoms with Crippen LogP contribution in [0, 0.1) is 0 Å². The largest absolute Gasteiger partial charge is 0.365 e. The molecule has 0 aliphatic carbocycles. The van der Waals surface area contributed by atoms with E-state index in [2.05, 4.69) is 52.6 Å². The van der Waals surface area contributed by atoms with Gasteiger partial charge in [0, 0.05) is 55.7 Å². The molecular weight excluding hydrogens is 288 g/mol. The van der Waals surface area contributed by atoms with E-state index in [9.17, 15) is 0 Å². The number of nitrogens with zero attached hydrogens (tertiary/aromatic N) is 5. The van der Waals surface area contributed by atoms with Crippen LogP contribution in [0.1, 0.15) is 13.8 Å². The molecule has 4 rings (SSSR count). The lowest BCUT2D eigenvalue weighted by atomic mass is 10.1. The fourth-order valence-corrected chi connectivity index (χ4v) is 3.48. The zero-order chi connectivity index (χ0) is 16.0. The SMILES string of the molecule is C[C@@H]1CN(c2cnn3cc(-c4cnn(C)c4)ccc23)C[C@H](C)N1. The monoisotopic (exact) mass is 310 g/mol. The molecule has 23 heavy (non-hydrogen) atoms. The van der Waals surface area contributed by atoms with Crippen molar-refractivity contribution >= 4 is 11.2 Å². The predicted octanol–water partition coefficient (Wildman–Crippen LogP) is 1.92. The molecule has 0 saturated carbocycles. The average molecular weight is 310 g/mol. The van der Waals surface area contributed by atoms with E-state index in [-0.39, 0.29) is 0 Å². The van der Waals surface area contributed by atoms with Gasteiger partial charge in [0.2, 0.25) is 0 Å². The lowest BCUT2D eigenvalue weighted by Gasteiger charge is -2.37. The maximum atomic E-state index is 4.56. The van der Waals surface area contributed by atoms with Crippen LogP contribution >= 0.6 is 0 Å². The highest BCUT2D eigenvalue weighted by molar-refractivity contribution is 5.75. The van der Waals surface area contributed by atoms with Gasteiger partial charge in [0.15, 0.2) is 0 Å². The van der Waals surface area contributed by atoms with Gasteiger partial charge in [-0.3, -0.25) is 4.68 Å². The molecule has 0 amide bonds. The van der Waals surface area contributed by atoms with Crippen LogP contribution in [0.3, 0.4) is 0 Å². The Morgan fingerprint density at radius 2 is 1.78 bits per heavy atom. The van der Waals surface area contributed by atoms with Gasteiger partial charge in [0.1, 0.15) is 0 Å². The molecule has 6 heteroatoms. The molecule has 0 bridgehead atoms. The second-order valence-corrected chi connectivity index (χ2v) is 6.55. The van der Waals surface area contributed by atoms with Gasteiger partial charge in [-0.25, -0.2) is 4.52 Å². The van der Waals surface area contributed by atoms with Crippen LogP contribution in [0.2, 0.25) is 0 Å². The fraction of sp³-hybridized carbons (Fsp3) is 0.412. The Hall–Kier alpha value is -2.34. The third-order valence-corrected chi connectivity index (χ3v) is 4.43. The molecule has 1 saturated heterocycles. The minimum atomic E-state index is 0.489. The van der Waals surface area contributed by atoms with E-state index in [1.807, 2.05) is 34.8 Å². The van der Waals surface area contributed by atoms with Gasteiger partial charge in [0.25, 0.3) is 0 Å². The third-order valence-electron chi connectivity index (χ3n) is 4.43. The molecule has 1 aliphatic rings. The molecule has 1 N–H and O–H groups in total. The van der Waals surface area contributed by atoms with Crippen molar-refractivity contribution in [2.75, 3.05) is 18.0 Å². The summed E-state index contributed by atoms with van der Waals surface area (Å²) in [7, 11) is 1.93. The molecule has 1 aliphatic heterocycles. The van der Waals surface area contributed by atoms with Gasteiger partial charge in [0.05, 0.1) is 23.6 Å². The lowest BCUT2D eigenvalue weighted by Crippen LogP contribution is -2.54. The molecule has 0 radical (unpaired) electrons. The molecule has 0 spiro atoms. The summed E-state index contributed by atoms with van der Waals surface area (Å²) in [6.45, 7) is 6.48. The second kappa shape index (κ2) is 5.38. The summed E-state index contributed by atoms with van der Waals surface area (Å²) in [6.07, 6.45) is 7.95. The van der Waals surface area contributed by atoms with Crippen LogP contribution in [0.4, 0.5) is 5.69 Å². The number of rotatable bonds is 2. The maximum Gasteiger partial charge on any atom is 0.0896 e.